The summed E-state index contributed by atoms with van der Waals surface area (Å²) in [4.78, 5) is 149. The molecule has 1 aliphatic heterocycles. The first kappa shape index (κ1) is 61.5. The Bertz CT molecular complexity index is 2650. The van der Waals surface area contributed by atoms with Gasteiger partial charge in [0.15, 0.2) is 17.7 Å². The summed E-state index contributed by atoms with van der Waals surface area (Å²) < 4.78 is 0. The third-order valence-electron chi connectivity index (χ3n) is 12.8. The highest BCUT2D eigenvalue weighted by molar-refractivity contribution is 6.31. The lowest BCUT2D eigenvalue weighted by molar-refractivity contribution is -0.136. The van der Waals surface area contributed by atoms with Gasteiger partial charge in [-0.2, -0.15) is 0 Å². The van der Waals surface area contributed by atoms with E-state index < -0.39 is 133 Å². The zero-order valence-electron chi connectivity index (χ0n) is 43.1. The van der Waals surface area contributed by atoms with Gasteiger partial charge in [0.25, 0.3) is 0 Å². The zero-order valence-corrected chi connectivity index (χ0v) is 43.8. The van der Waals surface area contributed by atoms with Crippen LogP contribution < -0.4 is 66.3 Å². The topological polar surface area (TPSA) is 440 Å². The minimum absolute atomic E-state index is 0.00651. The summed E-state index contributed by atoms with van der Waals surface area (Å²) in [7, 11) is 0. The Kier molecular flexibility index (Phi) is 24.8. The minimum Gasteiger partial charge on any atom is -0.370 e. The molecule has 1 aromatic heterocycles. The fourth-order valence-electron chi connectivity index (χ4n) is 8.80. The molecular formula is C51H72ClN15O10. The van der Waals surface area contributed by atoms with Crippen LogP contribution in [0, 0.1) is 11.8 Å². The van der Waals surface area contributed by atoms with Gasteiger partial charge in [0.1, 0.15) is 30.0 Å². The molecule has 1 aliphatic rings. The van der Waals surface area contributed by atoms with E-state index in [1.54, 1.807) is 30.5 Å². The number of ketones is 2. The number of primary amides is 2. The van der Waals surface area contributed by atoms with E-state index in [4.69, 9.17) is 46.0 Å². The van der Waals surface area contributed by atoms with Crippen LogP contribution in [0.5, 0.6) is 0 Å². The van der Waals surface area contributed by atoms with Gasteiger partial charge in [0.05, 0.1) is 12.5 Å². The van der Waals surface area contributed by atoms with Crippen LogP contribution in [0.1, 0.15) is 95.1 Å². The van der Waals surface area contributed by atoms with Crippen molar-refractivity contribution >= 4 is 93.2 Å². The van der Waals surface area contributed by atoms with Crippen molar-refractivity contribution in [2.45, 2.75) is 127 Å². The molecular weight excluding hydrogens is 1020 g/mol. The van der Waals surface area contributed by atoms with Gasteiger partial charge >= 0.3 is 0 Å². The van der Waals surface area contributed by atoms with E-state index in [9.17, 15) is 47.9 Å². The molecule has 25 nitrogen and oxygen atoms in total. The Morgan fingerprint density at radius 1 is 0.714 bits per heavy atom. The number of guanidine groups is 2. The summed E-state index contributed by atoms with van der Waals surface area (Å²) in [5, 5.41) is 16.6. The maximum atomic E-state index is 14.8. The number of carbonyl (C=O) groups is 10. The molecule has 4 rings (SSSR count). The largest absolute Gasteiger partial charge is 0.370 e. The number of H-pyrrole nitrogens is 1. The predicted octanol–water partition coefficient (Wildman–Crippen LogP) is -1.25. The fraction of sp³-hybridized carbons (Fsp3) is 0.490. The first-order valence-electron chi connectivity index (χ1n) is 25.4. The third kappa shape index (κ3) is 21.2. The number of rotatable bonds is 19. The van der Waals surface area contributed by atoms with E-state index >= 15 is 0 Å². The number of para-hydroxylation sites is 1. The molecule has 3 aromatic rings. The summed E-state index contributed by atoms with van der Waals surface area (Å²) >= 11 is 6.59. The van der Waals surface area contributed by atoms with Crippen LogP contribution in [0.3, 0.4) is 0 Å². The van der Waals surface area contributed by atoms with Gasteiger partial charge in [-0.3, -0.25) is 57.9 Å². The predicted molar refractivity (Wildman–Crippen MR) is 288 cm³/mol. The van der Waals surface area contributed by atoms with Crippen molar-refractivity contribution in [2.24, 2.45) is 56.2 Å². The van der Waals surface area contributed by atoms with Gasteiger partial charge in [-0.15, -0.1) is 0 Å². The first-order chi connectivity index (χ1) is 36.6. The molecule has 77 heavy (non-hydrogen) atoms. The molecule has 0 unspecified atom stereocenters. The normalized spacial score (nSPS) is 21.0. The molecule has 0 aliphatic carbocycles. The molecule has 1 fully saturated rings. The van der Waals surface area contributed by atoms with Gasteiger partial charge in [0.2, 0.25) is 47.3 Å². The maximum absolute atomic E-state index is 14.8. The molecule has 19 N–H and O–H groups in total. The number of aromatic amines is 1. The molecule has 2 aromatic carbocycles. The molecule has 8 amide bonds. The number of nitrogens with two attached hydrogens (primary N) is 6. The number of hydrogen-bond donors (Lipinski definition) is 13. The Morgan fingerprint density at radius 2 is 1.38 bits per heavy atom. The lowest BCUT2D eigenvalue weighted by atomic mass is 9.83. The fourth-order valence-corrected chi connectivity index (χ4v) is 9.02. The monoisotopic (exact) mass is 1090 g/mol. The van der Waals surface area contributed by atoms with E-state index in [1.807, 2.05) is 24.3 Å². The van der Waals surface area contributed by atoms with Crippen molar-refractivity contribution < 1.29 is 47.9 Å². The van der Waals surface area contributed by atoms with E-state index in [1.165, 1.54) is 6.92 Å². The number of nitrogens with one attached hydrogen (secondary N) is 7. The summed E-state index contributed by atoms with van der Waals surface area (Å²) in [5.74, 6) is -10.4. The second-order valence-corrected chi connectivity index (χ2v) is 19.4. The Morgan fingerprint density at radius 3 is 2.05 bits per heavy atom. The number of aliphatic imine (C=N–C) groups is 2. The van der Waals surface area contributed by atoms with Crippen LogP contribution in [0.4, 0.5) is 0 Å². The number of aromatic nitrogens is 1. The quantitative estimate of drug-likeness (QED) is 0.0379. The van der Waals surface area contributed by atoms with Crippen LogP contribution in [0.2, 0.25) is 5.02 Å². The summed E-state index contributed by atoms with van der Waals surface area (Å²) in [6, 6.07) is 6.65. The van der Waals surface area contributed by atoms with Crippen molar-refractivity contribution in [2.75, 3.05) is 19.6 Å². The smallest absolute Gasteiger partial charge is 0.243 e. The molecule has 0 saturated carbocycles. The summed E-state index contributed by atoms with van der Waals surface area (Å²) in [5.41, 5.74) is 35.3. The maximum Gasteiger partial charge on any atom is 0.243 e. The molecule has 0 radical (unpaired) electrons. The highest BCUT2D eigenvalue weighted by Gasteiger charge is 2.36. The van der Waals surface area contributed by atoms with Gasteiger partial charge in [0, 0.05) is 86.2 Å². The molecule has 2 heterocycles. The Hall–Kier alpha value is -8.09. The van der Waals surface area contributed by atoms with E-state index in [0.29, 0.717) is 11.1 Å². The molecule has 418 valence electrons. The molecule has 26 heteroatoms. The van der Waals surface area contributed by atoms with Crippen LogP contribution in [0.25, 0.3) is 10.9 Å². The summed E-state index contributed by atoms with van der Waals surface area (Å²) in [6.45, 7) is 1.33. The average molecular weight is 1090 g/mol. The van der Waals surface area contributed by atoms with Gasteiger partial charge in [-0.05, 0) is 81.0 Å². The van der Waals surface area contributed by atoms with Gasteiger partial charge < -0.3 is 71.3 Å². The highest BCUT2D eigenvalue weighted by atomic mass is 35.5. The van der Waals surface area contributed by atoms with E-state index in [-0.39, 0.29) is 94.4 Å². The SMILES string of the molecule is CC(=O)N[C@H](CCCN=C(N)N)C(=O)N[C@H]1CC(=O)NCCCC[C@@H](C(N)=O)NC(=O)[C@H](Cc2c[nH]c3ccccc23)CC(=O)[C@H](CCCN=C(N)N)CC(=O)[C@@H](Cc2ccccc2Cl)NC(=O)[C@H](CCC(N)=O)NC1=O. The lowest BCUT2D eigenvalue weighted by Gasteiger charge is -2.27. The number of amides is 8. The number of Topliss-reactive ketones (excluding diaryl/α,β-unsaturated/α-hetero) is 2. The highest BCUT2D eigenvalue weighted by Crippen LogP contribution is 2.27. The Balaban J connectivity index is 1.80. The molecule has 0 bridgehead atoms. The number of halogens is 1. The first-order valence-corrected chi connectivity index (χ1v) is 25.8. The molecule has 7 atom stereocenters. The number of nitrogens with zero attached hydrogens (tertiary/aromatic N) is 2. The minimum atomic E-state index is -1.71. The molecule has 1 saturated heterocycles. The zero-order chi connectivity index (χ0) is 56.6. The van der Waals surface area contributed by atoms with Crippen molar-refractivity contribution in [3.63, 3.8) is 0 Å². The van der Waals surface area contributed by atoms with Crippen molar-refractivity contribution in [3.05, 3.63) is 70.9 Å². The number of carbonyl (C=O) groups excluding carboxylic acids is 10. The van der Waals surface area contributed by atoms with Crippen LogP contribution >= 0.6 is 11.6 Å². The Labute approximate surface area is 450 Å². The number of fused-ring (bicyclic) bond motifs is 1. The van der Waals surface area contributed by atoms with E-state index in [2.05, 4.69) is 46.9 Å². The van der Waals surface area contributed by atoms with Crippen LogP contribution in [-0.2, 0) is 60.8 Å². The third-order valence-corrected chi connectivity index (χ3v) is 13.2. The van der Waals surface area contributed by atoms with Gasteiger partial charge in [-0.1, -0.05) is 48.0 Å². The average Bonchev–Trinajstić information content (AvgIpc) is 3.77. The number of hydrogen-bond acceptors (Lipinski definition) is 12. The van der Waals surface area contributed by atoms with E-state index in [0.717, 1.165) is 10.9 Å². The van der Waals surface area contributed by atoms with Gasteiger partial charge in [-0.25, -0.2) is 0 Å². The summed E-state index contributed by atoms with van der Waals surface area (Å²) in [6.07, 6.45) is 0.0738. The lowest BCUT2D eigenvalue weighted by Crippen LogP contribution is -2.58. The second kappa shape index (κ2) is 31.1. The second-order valence-electron chi connectivity index (χ2n) is 18.9. The van der Waals surface area contributed by atoms with Crippen LogP contribution in [-0.4, -0.2) is 126 Å². The number of benzene rings is 2. The molecule has 0 spiro atoms. The van der Waals surface area contributed by atoms with Crippen molar-refractivity contribution in [1.29, 1.82) is 0 Å². The standard InChI is InChI=1S/C51H72ClN15O10/c1-28(68)63-37(16-9-21-61-51(57)58)47(75)67-40-26-44(72)59-19-7-6-15-36(45(54)73)64-46(74)31(22-32-27-62-35-14-5-3-12-33(32)35)25-41(69)30(11-8-20-60-50(55)56)24-42(70)39(23-29-10-2-4-13-34(29)52)66-48(76)38(65-49(40)77)17-18-43(53)71/h2-5,10,12-14,27,30-31,36-40,62H,6-9,11,15-26H2,1H3,(H2,53,71)(H2,54,73)(H,59,72)(H,63,68)(H,64,74)(H,65,77)(H,66,76)(H,67,75)(H4,55,56,60)(H4,57,58,61)/t30-,31-,36+,37-,38+,39-,40+/m1/s1. The van der Waals surface area contributed by atoms with Crippen molar-refractivity contribution in [1.82, 2.24) is 36.9 Å². The van der Waals surface area contributed by atoms with Crippen LogP contribution in [0.15, 0.2) is 64.7 Å². The van der Waals surface area contributed by atoms with Crippen molar-refractivity contribution in [3.8, 4) is 0 Å².